The first kappa shape index (κ1) is 21.5. The lowest BCUT2D eigenvalue weighted by Gasteiger charge is -2.23. The topological polar surface area (TPSA) is 55.8 Å². The van der Waals surface area contributed by atoms with Gasteiger partial charge in [-0.05, 0) is 30.0 Å². The lowest BCUT2D eigenvalue weighted by Crippen LogP contribution is -2.36. The number of carbonyl (C=O) groups excluding carboxylic acids is 2. The van der Waals surface area contributed by atoms with Gasteiger partial charge in [0.2, 0.25) is 0 Å². The van der Waals surface area contributed by atoms with Crippen LogP contribution in [-0.4, -0.2) is 36.5 Å². The number of ether oxygens (including phenoxy) is 2. The van der Waals surface area contributed by atoms with E-state index in [0.29, 0.717) is 25.6 Å². The van der Waals surface area contributed by atoms with E-state index in [2.05, 4.69) is 13.8 Å². The maximum Gasteiger partial charge on any atom is 0.307 e. The minimum absolute atomic E-state index is 0.0700. The van der Waals surface area contributed by atoms with Gasteiger partial charge >= 0.3 is 5.97 Å². The summed E-state index contributed by atoms with van der Waals surface area (Å²) >= 11 is 0. The quantitative estimate of drug-likeness (QED) is 0.578. The summed E-state index contributed by atoms with van der Waals surface area (Å²) in [6.45, 7) is 6.93. The molecule has 0 fully saturated rings. The summed E-state index contributed by atoms with van der Waals surface area (Å²) in [7, 11) is 0. The van der Waals surface area contributed by atoms with Gasteiger partial charge in [0.05, 0.1) is 13.0 Å². The first-order chi connectivity index (χ1) is 13.5. The maximum absolute atomic E-state index is 12.8. The van der Waals surface area contributed by atoms with Crippen molar-refractivity contribution in [1.29, 1.82) is 0 Å². The third-order valence-corrected chi connectivity index (χ3v) is 4.35. The summed E-state index contributed by atoms with van der Waals surface area (Å²) in [5, 5.41) is 0. The molecule has 5 heteroatoms. The predicted molar refractivity (Wildman–Crippen MR) is 109 cm³/mol. The standard InChI is InChI=1S/C23H29NO4/c1-4-27-23(26)14-15-24(16-19-10-6-5-7-11-19)22(25)17-28-21-13-9-8-12-20(21)18(2)3/h5-13,18H,4,14-17H2,1-3H3. The zero-order chi connectivity index (χ0) is 20.4. The maximum atomic E-state index is 12.8. The van der Waals surface area contributed by atoms with Crippen LogP contribution in [0.1, 0.15) is 44.2 Å². The first-order valence-electron chi connectivity index (χ1n) is 9.70. The number of benzene rings is 2. The summed E-state index contributed by atoms with van der Waals surface area (Å²) in [5.74, 6) is 0.553. The van der Waals surface area contributed by atoms with E-state index in [9.17, 15) is 9.59 Å². The molecular weight excluding hydrogens is 354 g/mol. The van der Waals surface area contributed by atoms with E-state index in [0.717, 1.165) is 16.9 Å². The molecule has 0 radical (unpaired) electrons. The molecule has 0 N–H and O–H groups in total. The summed E-state index contributed by atoms with van der Waals surface area (Å²) in [6.07, 6.45) is 0.162. The Morgan fingerprint density at radius 1 is 1.00 bits per heavy atom. The van der Waals surface area contributed by atoms with Crippen molar-refractivity contribution in [1.82, 2.24) is 4.90 Å². The Morgan fingerprint density at radius 2 is 1.68 bits per heavy atom. The summed E-state index contributed by atoms with van der Waals surface area (Å²) in [4.78, 5) is 26.2. The fraction of sp³-hybridized carbons (Fsp3) is 0.391. The van der Waals surface area contributed by atoms with Crippen molar-refractivity contribution in [3.63, 3.8) is 0 Å². The van der Waals surface area contributed by atoms with E-state index in [1.54, 1.807) is 11.8 Å². The molecule has 2 aromatic carbocycles. The Labute approximate surface area is 167 Å². The molecule has 0 bridgehead atoms. The average Bonchev–Trinajstić information content (AvgIpc) is 2.70. The summed E-state index contributed by atoms with van der Waals surface area (Å²) < 4.78 is 10.8. The molecule has 0 unspecified atom stereocenters. The number of rotatable bonds is 10. The molecule has 0 heterocycles. The number of nitrogens with zero attached hydrogens (tertiary/aromatic N) is 1. The van der Waals surface area contributed by atoms with Crippen LogP contribution in [0.15, 0.2) is 54.6 Å². The van der Waals surface area contributed by atoms with Crippen LogP contribution in [0.4, 0.5) is 0 Å². The zero-order valence-corrected chi connectivity index (χ0v) is 16.9. The van der Waals surface area contributed by atoms with Crippen LogP contribution in [0.3, 0.4) is 0 Å². The van der Waals surface area contributed by atoms with Gasteiger partial charge in [-0.1, -0.05) is 62.4 Å². The van der Waals surface area contributed by atoms with Gasteiger partial charge in [-0.25, -0.2) is 0 Å². The van der Waals surface area contributed by atoms with E-state index in [4.69, 9.17) is 9.47 Å². The van der Waals surface area contributed by atoms with E-state index in [-0.39, 0.29) is 24.9 Å². The Morgan fingerprint density at radius 3 is 2.36 bits per heavy atom. The van der Waals surface area contributed by atoms with Crippen LogP contribution < -0.4 is 4.74 Å². The van der Waals surface area contributed by atoms with Gasteiger partial charge in [0.25, 0.3) is 5.91 Å². The largest absolute Gasteiger partial charge is 0.483 e. The predicted octanol–water partition coefficient (Wildman–Crippen LogP) is 4.17. The SMILES string of the molecule is CCOC(=O)CCN(Cc1ccccc1)C(=O)COc1ccccc1C(C)C. The molecule has 2 aromatic rings. The molecule has 0 saturated carbocycles. The normalized spacial score (nSPS) is 10.6. The summed E-state index contributed by atoms with van der Waals surface area (Å²) in [6, 6.07) is 17.5. The van der Waals surface area contributed by atoms with Crippen molar-refractivity contribution in [2.45, 2.75) is 39.7 Å². The van der Waals surface area contributed by atoms with Gasteiger partial charge in [0, 0.05) is 13.1 Å². The Kier molecular flexibility index (Phi) is 8.53. The Balaban J connectivity index is 2.04. The fourth-order valence-electron chi connectivity index (χ4n) is 2.87. The van der Waals surface area contributed by atoms with Crippen LogP contribution >= 0.6 is 0 Å². The van der Waals surface area contributed by atoms with Crippen molar-refractivity contribution in [3.8, 4) is 5.75 Å². The highest BCUT2D eigenvalue weighted by molar-refractivity contribution is 5.78. The van der Waals surface area contributed by atoms with Crippen LogP contribution in [-0.2, 0) is 20.9 Å². The van der Waals surface area contributed by atoms with Gasteiger partial charge in [-0.2, -0.15) is 0 Å². The molecule has 0 spiro atoms. The third-order valence-electron chi connectivity index (χ3n) is 4.35. The van der Waals surface area contributed by atoms with Crippen LogP contribution in [0.2, 0.25) is 0 Å². The molecule has 0 aliphatic rings. The number of esters is 1. The molecule has 0 aliphatic carbocycles. The number of amides is 1. The second kappa shape index (κ2) is 11.1. The summed E-state index contributed by atoms with van der Waals surface area (Å²) in [5.41, 5.74) is 2.07. The molecule has 0 saturated heterocycles. The second-order valence-electron chi connectivity index (χ2n) is 6.84. The zero-order valence-electron chi connectivity index (χ0n) is 16.9. The molecule has 0 aliphatic heterocycles. The minimum Gasteiger partial charge on any atom is -0.483 e. The van der Waals surface area contributed by atoms with Gasteiger partial charge < -0.3 is 14.4 Å². The van der Waals surface area contributed by atoms with Crippen LogP contribution in [0.25, 0.3) is 0 Å². The number of para-hydroxylation sites is 1. The second-order valence-corrected chi connectivity index (χ2v) is 6.84. The van der Waals surface area contributed by atoms with Crippen LogP contribution in [0, 0.1) is 0 Å². The molecule has 28 heavy (non-hydrogen) atoms. The van der Waals surface area contributed by atoms with Gasteiger partial charge in [-0.3, -0.25) is 9.59 Å². The molecule has 1 amide bonds. The van der Waals surface area contributed by atoms with Crippen molar-refractivity contribution >= 4 is 11.9 Å². The average molecular weight is 383 g/mol. The highest BCUT2D eigenvalue weighted by atomic mass is 16.5. The molecular formula is C23H29NO4. The van der Waals surface area contributed by atoms with E-state index >= 15 is 0 Å². The van der Waals surface area contributed by atoms with E-state index in [1.807, 2.05) is 54.6 Å². The lowest BCUT2D eigenvalue weighted by atomic mass is 10.0. The van der Waals surface area contributed by atoms with Gasteiger partial charge in [0.15, 0.2) is 6.61 Å². The molecule has 150 valence electrons. The van der Waals surface area contributed by atoms with Crippen molar-refractivity contribution in [3.05, 3.63) is 65.7 Å². The van der Waals surface area contributed by atoms with Crippen molar-refractivity contribution in [2.24, 2.45) is 0 Å². The first-order valence-corrected chi connectivity index (χ1v) is 9.70. The van der Waals surface area contributed by atoms with E-state index < -0.39 is 0 Å². The van der Waals surface area contributed by atoms with Gasteiger partial charge in [-0.15, -0.1) is 0 Å². The van der Waals surface area contributed by atoms with E-state index in [1.165, 1.54) is 0 Å². The van der Waals surface area contributed by atoms with Crippen molar-refractivity contribution in [2.75, 3.05) is 19.8 Å². The van der Waals surface area contributed by atoms with Gasteiger partial charge in [0.1, 0.15) is 5.75 Å². The molecule has 2 rings (SSSR count). The third kappa shape index (κ3) is 6.72. The lowest BCUT2D eigenvalue weighted by molar-refractivity contribution is -0.144. The molecule has 0 atom stereocenters. The monoisotopic (exact) mass is 383 g/mol. The van der Waals surface area contributed by atoms with Crippen molar-refractivity contribution < 1.29 is 19.1 Å². The highest BCUT2D eigenvalue weighted by Gasteiger charge is 2.18. The highest BCUT2D eigenvalue weighted by Crippen LogP contribution is 2.25. The molecule has 0 aromatic heterocycles. The van der Waals surface area contributed by atoms with Crippen LogP contribution in [0.5, 0.6) is 5.75 Å². The fourth-order valence-corrected chi connectivity index (χ4v) is 2.87. The number of hydrogen-bond acceptors (Lipinski definition) is 4. The Bertz CT molecular complexity index is 758. The Hall–Kier alpha value is -2.82. The number of carbonyl (C=O) groups is 2. The molecule has 5 nitrogen and oxygen atoms in total. The number of hydrogen-bond donors (Lipinski definition) is 0. The smallest absolute Gasteiger partial charge is 0.307 e. The minimum atomic E-state index is -0.306.